The Bertz CT molecular complexity index is 1300. The molecule has 10 heteroatoms. The number of nitrogens with zero attached hydrogens (tertiary/aromatic N) is 2. The van der Waals surface area contributed by atoms with Crippen molar-refractivity contribution >= 4 is 69.4 Å². The Balaban J connectivity index is 1.48. The predicted molar refractivity (Wildman–Crippen MR) is 135 cm³/mol. The second kappa shape index (κ2) is 9.70. The SMILES string of the molecule is O=C(Nc1cc2cc(c1)OCCSc1cccc(c1)Nc1nc(ncc1Cl)N2)c1cccs1. The van der Waals surface area contributed by atoms with Crippen LogP contribution in [0.1, 0.15) is 9.67 Å². The molecule has 0 spiro atoms. The third-order valence-corrected chi connectivity index (χ3v) is 6.73. The molecule has 2 aromatic carbocycles. The number of benzene rings is 2. The highest BCUT2D eigenvalue weighted by Gasteiger charge is 2.12. The number of rotatable bonds is 2. The van der Waals surface area contributed by atoms with Crippen molar-refractivity contribution in [2.75, 3.05) is 28.3 Å². The average molecular weight is 496 g/mol. The molecule has 7 nitrogen and oxygen atoms in total. The Hall–Kier alpha value is -3.27. The molecule has 0 saturated heterocycles. The maximum atomic E-state index is 12.6. The molecule has 5 rings (SSSR count). The van der Waals surface area contributed by atoms with Gasteiger partial charge in [0.05, 0.1) is 17.7 Å². The van der Waals surface area contributed by atoms with E-state index in [4.69, 9.17) is 16.3 Å². The van der Waals surface area contributed by atoms with Gasteiger partial charge in [-0.3, -0.25) is 4.79 Å². The normalized spacial score (nSPS) is 12.9. The van der Waals surface area contributed by atoms with Gasteiger partial charge in [-0.15, -0.1) is 23.1 Å². The minimum absolute atomic E-state index is 0.178. The van der Waals surface area contributed by atoms with E-state index in [1.165, 1.54) is 17.5 Å². The lowest BCUT2D eigenvalue weighted by atomic mass is 10.2. The van der Waals surface area contributed by atoms with Crippen LogP contribution in [0.4, 0.5) is 28.8 Å². The second-order valence-corrected chi connectivity index (χ2v) is 9.57. The first-order valence-corrected chi connectivity index (χ1v) is 12.3. The summed E-state index contributed by atoms with van der Waals surface area (Å²) in [6, 6.07) is 17.1. The first-order valence-electron chi connectivity index (χ1n) is 10.0. The summed E-state index contributed by atoms with van der Waals surface area (Å²) in [5, 5.41) is 11.6. The van der Waals surface area contributed by atoms with E-state index in [9.17, 15) is 4.79 Å². The average Bonchev–Trinajstić information content (AvgIpc) is 3.34. The number of aromatic nitrogens is 2. The van der Waals surface area contributed by atoms with Crippen LogP contribution in [0.15, 0.2) is 71.1 Å². The van der Waals surface area contributed by atoms with Gasteiger partial charge in [-0.1, -0.05) is 23.7 Å². The molecular formula is C23H18ClN5O2S2. The summed E-state index contributed by atoms with van der Waals surface area (Å²) >= 11 is 9.40. The molecule has 0 saturated carbocycles. The fourth-order valence-electron chi connectivity index (χ4n) is 3.19. The van der Waals surface area contributed by atoms with Crippen molar-refractivity contribution in [3.63, 3.8) is 0 Å². The highest BCUT2D eigenvalue weighted by atomic mass is 35.5. The molecule has 1 aliphatic rings. The third kappa shape index (κ3) is 5.39. The number of hydrogen-bond donors (Lipinski definition) is 3. The Morgan fingerprint density at radius 1 is 1.09 bits per heavy atom. The molecular weight excluding hydrogens is 478 g/mol. The largest absolute Gasteiger partial charge is 0.493 e. The van der Waals surface area contributed by atoms with Gasteiger partial charge in [0.15, 0.2) is 5.82 Å². The standard InChI is InChI=1S/C23H18ClN5O2S2/c24-19-13-25-23-28-16-9-15(27-22(30)20-5-2-7-33-20)10-17(11-16)31-6-8-32-18-4-1-3-14(12-18)26-21(19)29-23/h1-5,7,9-13H,6,8H2,(H,27,30)(H2,25,26,28,29). The summed E-state index contributed by atoms with van der Waals surface area (Å²) in [4.78, 5) is 23.1. The molecule has 1 amide bonds. The molecule has 33 heavy (non-hydrogen) atoms. The topological polar surface area (TPSA) is 88.2 Å². The number of anilines is 5. The van der Waals surface area contributed by atoms with E-state index in [1.807, 2.05) is 41.8 Å². The minimum atomic E-state index is -0.178. The zero-order valence-corrected chi connectivity index (χ0v) is 19.6. The summed E-state index contributed by atoms with van der Waals surface area (Å²) in [6.07, 6.45) is 1.54. The number of amides is 1. The van der Waals surface area contributed by atoms with Gasteiger partial charge in [0, 0.05) is 39.8 Å². The first kappa shape index (κ1) is 21.6. The van der Waals surface area contributed by atoms with Crippen molar-refractivity contribution in [2.24, 2.45) is 0 Å². The maximum Gasteiger partial charge on any atom is 0.265 e. The fourth-order valence-corrected chi connectivity index (χ4v) is 4.74. The Morgan fingerprint density at radius 3 is 2.91 bits per heavy atom. The van der Waals surface area contributed by atoms with Crippen LogP contribution in [0.25, 0.3) is 0 Å². The molecule has 0 fully saturated rings. The molecule has 0 radical (unpaired) electrons. The summed E-state index contributed by atoms with van der Waals surface area (Å²) in [5.74, 6) is 2.05. The number of hydrogen-bond acceptors (Lipinski definition) is 8. The van der Waals surface area contributed by atoms with E-state index in [2.05, 4.69) is 25.9 Å². The fraction of sp³-hybridized carbons (Fsp3) is 0.0870. The van der Waals surface area contributed by atoms with Crippen molar-refractivity contribution in [3.05, 3.63) is 76.1 Å². The van der Waals surface area contributed by atoms with Crippen molar-refractivity contribution < 1.29 is 9.53 Å². The Kier molecular flexibility index (Phi) is 6.34. The zero-order chi connectivity index (χ0) is 22.6. The molecule has 3 N–H and O–H groups in total. The van der Waals surface area contributed by atoms with Crippen LogP contribution in [0, 0.1) is 0 Å². The smallest absolute Gasteiger partial charge is 0.265 e. The number of nitrogens with one attached hydrogen (secondary N) is 3. The van der Waals surface area contributed by atoms with E-state index in [0.717, 1.165) is 16.3 Å². The van der Waals surface area contributed by atoms with Gasteiger partial charge in [0.25, 0.3) is 5.91 Å². The number of carbonyl (C=O) groups is 1. The van der Waals surface area contributed by atoms with Crippen molar-refractivity contribution in [2.45, 2.75) is 4.90 Å². The van der Waals surface area contributed by atoms with E-state index >= 15 is 0 Å². The highest BCUT2D eigenvalue weighted by Crippen LogP contribution is 2.31. The third-order valence-electron chi connectivity index (χ3n) is 4.63. The molecule has 2 aromatic heterocycles. The van der Waals surface area contributed by atoms with Crippen molar-refractivity contribution in [1.29, 1.82) is 0 Å². The summed E-state index contributed by atoms with van der Waals surface area (Å²) in [5.41, 5.74) is 2.15. The van der Waals surface area contributed by atoms with E-state index in [-0.39, 0.29) is 5.91 Å². The molecule has 3 heterocycles. The summed E-state index contributed by atoms with van der Waals surface area (Å²) in [6.45, 7) is 0.500. The van der Waals surface area contributed by atoms with Gasteiger partial charge in [-0.2, -0.15) is 4.98 Å². The number of carbonyl (C=O) groups excluding carboxylic acids is 1. The van der Waals surface area contributed by atoms with Crippen molar-refractivity contribution in [3.8, 4) is 5.75 Å². The van der Waals surface area contributed by atoms with Gasteiger partial charge in [0.1, 0.15) is 10.8 Å². The molecule has 0 unspecified atom stereocenters. The monoisotopic (exact) mass is 495 g/mol. The number of thioether (sulfide) groups is 1. The molecule has 0 aliphatic carbocycles. The van der Waals surface area contributed by atoms with E-state index in [1.54, 1.807) is 30.0 Å². The van der Waals surface area contributed by atoms with Crippen LogP contribution >= 0.6 is 34.7 Å². The molecule has 4 aromatic rings. The minimum Gasteiger partial charge on any atom is -0.493 e. The highest BCUT2D eigenvalue weighted by molar-refractivity contribution is 7.99. The number of ether oxygens (including phenoxy) is 1. The van der Waals surface area contributed by atoms with Gasteiger partial charge in [0.2, 0.25) is 5.95 Å². The summed E-state index contributed by atoms with van der Waals surface area (Å²) in [7, 11) is 0. The molecule has 166 valence electrons. The van der Waals surface area contributed by atoms with E-state index < -0.39 is 0 Å². The molecule has 0 atom stereocenters. The predicted octanol–water partition coefficient (Wildman–Crippen LogP) is 6.42. The van der Waals surface area contributed by atoms with Crippen LogP contribution in [0.5, 0.6) is 5.75 Å². The lowest BCUT2D eigenvalue weighted by molar-refractivity contribution is 0.103. The maximum absolute atomic E-state index is 12.6. The van der Waals surface area contributed by atoms with Gasteiger partial charge in [-0.05, 0) is 35.7 Å². The lowest BCUT2D eigenvalue weighted by Crippen LogP contribution is -2.11. The lowest BCUT2D eigenvalue weighted by Gasteiger charge is -2.13. The van der Waals surface area contributed by atoms with Crippen LogP contribution in [-0.4, -0.2) is 28.2 Å². The van der Waals surface area contributed by atoms with Gasteiger partial charge < -0.3 is 20.7 Å². The van der Waals surface area contributed by atoms with Crippen LogP contribution in [-0.2, 0) is 0 Å². The number of halogens is 1. The second-order valence-electron chi connectivity index (χ2n) is 7.04. The van der Waals surface area contributed by atoms with Crippen LogP contribution < -0.4 is 20.7 Å². The van der Waals surface area contributed by atoms with Crippen LogP contribution in [0.2, 0.25) is 5.02 Å². The first-order chi connectivity index (χ1) is 16.1. The number of thiophene rings is 1. The zero-order valence-electron chi connectivity index (χ0n) is 17.2. The Labute approximate surface area is 203 Å². The van der Waals surface area contributed by atoms with Gasteiger partial charge >= 0.3 is 0 Å². The summed E-state index contributed by atoms with van der Waals surface area (Å²) < 4.78 is 5.99. The quantitative estimate of drug-likeness (QED) is 0.296. The number of fused-ring (bicyclic) bond motifs is 6. The molecule has 6 bridgehead atoms. The Morgan fingerprint density at radius 2 is 2.03 bits per heavy atom. The van der Waals surface area contributed by atoms with Gasteiger partial charge in [-0.25, -0.2) is 4.98 Å². The van der Waals surface area contributed by atoms with E-state index in [0.29, 0.717) is 45.4 Å². The molecule has 1 aliphatic heterocycles. The van der Waals surface area contributed by atoms with Crippen LogP contribution in [0.3, 0.4) is 0 Å². The van der Waals surface area contributed by atoms with Crippen molar-refractivity contribution in [1.82, 2.24) is 9.97 Å².